The number of aryl methyl sites for hydroxylation is 3. The van der Waals surface area contributed by atoms with Crippen LogP contribution >= 0.6 is 11.3 Å². The summed E-state index contributed by atoms with van der Waals surface area (Å²) in [6.07, 6.45) is 3.98. The molecule has 2 heterocycles. The molecule has 0 fully saturated rings. The van der Waals surface area contributed by atoms with E-state index in [9.17, 15) is 9.59 Å². The van der Waals surface area contributed by atoms with Gasteiger partial charge in [-0.1, -0.05) is 26.0 Å². The highest BCUT2D eigenvalue weighted by Gasteiger charge is 2.26. The molecule has 0 bridgehead atoms. The number of hydrogen-bond donors (Lipinski definition) is 1. The van der Waals surface area contributed by atoms with Gasteiger partial charge in [0, 0.05) is 10.6 Å². The molecule has 1 N–H and O–H groups in total. The predicted molar refractivity (Wildman–Crippen MR) is 119 cm³/mol. The van der Waals surface area contributed by atoms with Gasteiger partial charge in [0.25, 0.3) is 5.56 Å². The summed E-state index contributed by atoms with van der Waals surface area (Å²) in [4.78, 5) is 33.1. The van der Waals surface area contributed by atoms with E-state index >= 15 is 0 Å². The number of fused-ring (bicyclic) bond motifs is 3. The fourth-order valence-electron chi connectivity index (χ4n) is 4.15. The Hall–Kier alpha value is -2.47. The van der Waals surface area contributed by atoms with Crippen LogP contribution in [0.5, 0.6) is 0 Å². The largest absolute Gasteiger partial charge is 0.324 e. The van der Waals surface area contributed by atoms with Crippen LogP contribution in [-0.4, -0.2) is 15.5 Å². The zero-order chi connectivity index (χ0) is 20.7. The fraction of sp³-hybridized carbons (Fsp3) is 0.435. The number of rotatable bonds is 4. The van der Waals surface area contributed by atoms with Crippen LogP contribution < -0.4 is 10.9 Å². The normalized spacial score (nSPS) is 17.2. The van der Waals surface area contributed by atoms with E-state index in [2.05, 4.69) is 19.2 Å². The number of carbonyl (C=O) groups is 1. The number of anilines is 1. The molecule has 1 aromatic carbocycles. The minimum Gasteiger partial charge on any atom is -0.324 e. The molecular weight excluding hydrogens is 382 g/mol. The van der Waals surface area contributed by atoms with Gasteiger partial charge in [0.1, 0.15) is 16.7 Å². The maximum atomic E-state index is 13.4. The van der Waals surface area contributed by atoms with Crippen molar-refractivity contribution in [3.05, 3.63) is 56.4 Å². The number of nitrogens with one attached hydrogen (secondary N) is 1. The van der Waals surface area contributed by atoms with Crippen molar-refractivity contribution in [2.75, 3.05) is 5.32 Å². The van der Waals surface area contributed by atoms with Gasteiger partial charge in [0.15, 0.2) is 0 Å². The molecule has 2 aromatic heterocycles. The number of amides is 1. The Morgan fingerprint density at radius 3 is 2.76 bits per heavy atom. The second kappa shape index (κ2) is 7.75. The van der Waals surface area contributed by atoms with Crippen molar-refractivity contribution in [3.63, 3.8) is 0 Å². The predicted octanol–water partition coefficient (Wildman–Crippen LogP) is 4.65. The molecule has 3 aromatic rings. The first-order valence-electron chi connectivity index (χ1n) is 10.3. The summed E-state index contributed by atoms with van der Waals surface area (Å²) in [5.41, 5.74) is 3.01. The topological polar surface area (TPSA) is 64.0 Å². The average Bonchev–Trinajstić information content (AvgIpc) is 3.05. The van der Waals surface area contributed by atoms with E-state index in [0.717, 1.165) is 47.2 Å². The molecule has 0 saturated carbocycles. The SMILES string of the molecule is CCc1ccc(NC(=O)C(C)n2c(C)nc3sc4c(c3c2=O)CCC(C)C4)cc1. The lowest BCUT2D eigenvalue weighted by Crippen LogP contribution is -2.34. The van der Waals surface area contributed by atoms with Crippen LogP contribution in [0.25, 0.3) is 10.2 Å². The van der Waals surface area contributed by atoms with Gasteiger partial charge in [-0.2, -0.15) is 0 Å². The van der Waals surface area contributed by atoms with Gasteiger partial charge < -0.3 is 5.32 Å². The standard InChI is InChI=1S/C23H27N3O2S/c1-5-16-7-9-17(10-8-16)25-21(27)14(3)26-15(4)24-22-20(23(26)28)18-11-6-13(2)12-19(18)29-22/h7-10,13-14H,5-6,11-12H2,1-4H3,(H,25,27). The number of aromatic nitrogens is 2. The molecule has 1 aliphatic carbocycles. The summed E-state index contributed by atoms with van der Waals surface area (Å²) < 4.78 is 1.54. The second-order valence-corrected chi connectivity index (χ2v) is 9.17. The highest BCUT2D eigenvalue weighted by molar-refractivity contribution is 7.18. The molecule has 6 heteroatoms. The zero-order valence-corrected chi connectivity index (χ0v) is 18.2. The Labute approximate surface area is 174 Å². The van der Waals surface area contributed by atoms with Gasteiger partial charge in [-0.25, -0.2) is 4.98 Å². The van der Waals surface area contributed by atoms with Crippen molar-refractivity contribution in [1.29, 1.82) is 0 Å². The highest BCUT2D eigenvalue weighted by atomic mass is 32.1. The quantitative estimate of drug-likeness (QED) is 0.682. The smallest absolute Gasteiger partial charge is 0.263 e. The number of hydrogen-bond acceptors (Lipinski definition) is 4. The minimum atomic E-state index is -0.636. The van der Waals surface area contributed by atoms with Crippen molar-refractivity contribution >= 4 is 33.1 Å². The molecule has 1 amide bonds. The van der Waals surface area contributed by atoms with Crippen molar-refractivity contribution in [3.8, 4) is 0 Å². The molecule has 0 spiro atoms. The lowest BCUT2D eigenvalue weighted by Gasteiger charge is -2.19. The summed E-state index contributed by atoms with van der Waals surface area (Å²) in [6.45, 7) is 7.92. The molecule has 2 atom stereocenters. The zero-order valence-electron chi connectivity index (χ0n) is 17.4. The Morgan fingerprint density at radius 2 is 2.07 bits per heavy atom. The molecule has 5 nitrogen and oxygen atoms in total. The molecule has 0 saturated heterocycles. The van der Waals surface area contributed by atoms with Crippen molar-refractivity contribution in [2.24, 2.45) is 5.92 Å². The second-order valence-electron chi connectivity index (χ2n) is 8.08. The average molecular weight is 410 g/mol. The molecule has 1 aliphatic rings. The summed E-state index contributed by atoms with van der Waals surface area (Å²) in [5, 5.41) is 3.65. The number of carbonyl (C=O) groups excluding carboxylic acids is 1. The van der Waals surface area contributed by atoms with E-state index in [4.69, 9.17) is 4.98 Å². The highest BCUT2D eigenvalue weighted by Crippen LogP contribution is 2.36. The Bertz CT molecular complexity index is 1130. The summed E-state index contributed by atoms with van der Waals surface area (Å²) in [5.74, 6) is 1.01. The lowest BCUT2D eigenvalue weighted by atomic mass is 9.89. The van der Waals surface area contributed by atoms with Crippen molar-refractivity contribution < 1.29 is 4.79 Å². The van der Waals surface area contributed by atoms with Gasteiger partial charge in [-0.05, 0) is 68.7 Å². The summed E-state index contributed by atoms with van der Waals surface area (Å²) >= 11 is 1.64. The van der Waals surface area contributed by atoms with E-state index in [0.29, 0.717) is 11.7 Å². The molecule has 0 aliphatic heterocycles. The van der Waals surface area contributed by atoms with Crippen LogP contribution in [0.1, 0.15) is 55.1 Å². The summed E-state index contributed by atoms with van der Waals surface area (Å²) in [6, 6.07) is 7.17. The third-order valence-electron chi connectivity index (χ3n) is 5.93. The van der Waals surface area contributed by atoms with Crippen LogP contribution in [0.2, 0.25) is 0 Å². The summed E-state index contributed by atoms with van der Waals surface area (Å²) in [7, 11) is 0. The van der Waals surface area contributed by atoms with Gasteiger partial charge in [0.05, 0.1) is 5.39 Å². The first kappa shape index (κ1) is 19.8. The third-order valence-corrected chi connectivity index (χ3v) is 7.08. The van der Waals surface area contributed by atoms with E-state index in [1.165, 1.54) is 10.4 Å². The Kier molecular flexibility index (Phi) is 5.30. The van der Waals surface area contributed by atoms with Gasteiger partial charge >= 0.3 is 0 Å². The van der Waals surface area contributed by atoms with Gasteiger partial charge in [-0.15, -0.1) is 11.3 Å². The Balaban J connectivity index is 1.68. The van der Waals surface area contributed by atoms with E-state index in [1.54, 1.807) is 22.8 Å². The first-order chi connectivity index (χ1) is 13.9. The molecule has 29 heavy (non-hydrogen) atoms. The van der Waals surface area contributed by atoms with E-state index < -0.39 is 6.04 Å². The first-order valence-corrected chi connectivity index (χ1v) is 11.1. The van der Waals surface area contributed by atoms with Crippen LogP contribution in [0.4, 0.5) is 5.69 Å². The number of nitrogens with zero attached hydrogens (tertiary/aromatic N) is 2. The van der Waals surface area contributed by atoms with Crippen LogP contribution in [0.3, 0.4) is 0 Å². The van der Waals surface area contributed by atoms with E-state index in [1.807, 2.05) is 31.2 Å². The minimum absolute atomic E-state index is 0.0940. The Morgan fingerprint density at radius 1 is 1.34 bits per heavy atom. The molecule has 4 rings (SSSR count). The maximum absolute atomic E-state index is 13.4. The van der Waals surface area contributed by atoms with Gasteiger partial charge in [-0.3, -0.25) is 14.2 Å². The van der Waals surface area contributed by atoms with Crippen LogP contribution in [0.15, 0.2) is 29.1 Å². The molecule has 2 unspecified atom stereocenters. The van der Waals surface area contributed by atoms with Gasteiger partial charge in [0.2, 0.25) is 5.91 Å². The lowest BCUT2D eigenvalue weighted by molar-refractivity contribution is -0.118. The number of thiophene rings is 1. The molecule has 0 radical (unpaired) electrons. The van der Waals surface area contributed by atoms with Crippen LogP contribution in [-0.2, 0) is 24.1 Å². The fourth-order valence-corrected chi connectivity index (χ4v) is 5.57. The van der Waals surface area contributed by atoms with E-state index in [-0.39, 0.29) is 11.5 Å². The van der Waals surface area contributed by atoms with Crippen molar-refractivity contribution in [2.45, 2.75) is 59.4 Å². The van der Waals surface area contributed by atoms with Crippen molar-refractivity contribution in [1.82, 2.24) is 9.55 Å². The monoisotopic (exact) mass is 409 g/mol. The molecule has 152 valence electrons. The molecular formula is C23H27N3O2S. The maximum Gasteiger partial charge on any atom is 0.263 e. The third kappa shape index (κ3) is 3.62. The number of benzene rings is 1. The van der Waals surface area contributed by atoms with Crippen LogP contribution in [0, 0.1) is 12.8 Å².